The van der Waals surface area contributed by atoms with Crippen molar-refractivity contribution < 1.29 is 4.39 Å². The van der Waals surface area contributed by atoms with E-state index < -0.39 is 0 Å². The molecule has 0 atom stereocenters. The Morgan fingerprint density at radius 2 is 1.70 bits per heavy atom. The third-order valence-electron chi connectivity index (χ3n) is 2.89. The SMILES string of the molecule is Fc1cncc(-c2ccc(Cl)c(-c3ccccc3)n2)c1. The van der Waals surface area contributed by atoms with Gasteiger partial charge < -0.3 is 0 Å². The van der Waals surface area contributed by atoms with Gasteiger partial charge >= 0.3 is 0 Å². The molecule has 1 aromatic carbocycles. The van der Waals surface area contributed by atoms with Crippen LogP contribution < -0.4 is 0 Å². The average Bonchev–Trinajstić information content (AvgIpc) is 2.48. The molecule has 0 aliphatic carbocycles. The molecular weight excluding hydrogens is 275 g/mol. The molecule has 0 fully saturated rings. The van der Waals surface area contributed by atoms with Crippen molar-refractivity contribution >= 4 is 11.6 Å². The van der Waals surface area contributed by atoms with Gasteiger partial charge in [0.25, 0.3) is 0 Å². The van der Waals surface area contributed by atoms with E-state index in [1.165, 1.54) is 6.07 Å². The number of benzene rings is 1. The van der Waals surface area contributed by atoms with Gasteiger partial charge in [-0.25, -0.2) is 9.37 Å². The third-order valence-corrected chi connectivity index (χ3v) is 3.20. The topological polar surface area (TPSA) is 25.8 Å². The van der Waals surface area contributed by atoms with Crippen molar-refractivity contribution in [2.24, 2.45) is 0 Å². The molecular formula is C16H10ClFN2. The van der Waals surface area contributed by atoms with Crippen molar-refractivity contribution in [3.63, 3.8) is 0 Å². The molecule has 2 nitrogen and oxygen atoms in total. The van der Waals surface area contributed by atoms with Gasteiger partial charge in [0.2, 0.25) is 0 Å². The normalized spacial score (nSPS) is 10.5. The number of pyridine rings is 2. The summed E-state index contributed by atoms with van der Waals surface area (Å²) in [6.07, 6.45) is 2.74. The van der Waals surface area contributed by atoms with Gasteiger partial charge in [-0.1, -0.05) is 41.9 Å². The first kappa shape index (κ1) is 12.8. The Hall–Kier alpha value is -2.26. The zero-order valence-corrected chi connectivity index (χ0v) is 11.2. The second kappa shape index (κ2) is 5.39. The van der Waals surface area contributed by atoms with Crippen molar-refractivity contribution in [1.29, 1.82) is 0 Å². The zero-order chi connectivity index (χ0) is 13.9. The standard InChI is InChI=1S/C16H10ClFN2/c17-14-6-7-15(12-8-13(18)10-19-9-12)20-16(14)11-4-2-1-3-5-11/h1-10H. The van der Waals surface area contributed by atoms with Gasteiger partial charge in [0, 0.05) is 17.3 Å². The first-order valence-corrected chi connectivity index (χ1v) is 6.45. The van der Waals surface area contributed by atoms with E-state index in [0.717, 1.165) is 11.8 Å². The Morgan fingerprint density at radius 3 is 2.45 bits per heavy atom. The summed E-state index contributed by atoms with van der Waals surface area (Å²) in [6, 6.07) is 14.6. The van der Waals surface area contributed by atoms with Gasteiger partial charge in [-0.2, -0.15) is 0 Å². The number of hydrogen-bond donors (Lipinski definition) is 0. The second-order valence-electron chi connectivity index (χ2n) is 4.28. The van der Waals surface area contributed by atoms with Crippen LogP contribution in [-0.4, -0.2) is 9.97 Å². The highest BCUT2D eigenvalue weighted by molar-refractivity contribution is 6.33. The zero-order valence-electron chi connectivity index (χ0n) is 10.4. The molecule has 0 unspecified atom stereocenters. The molecule has 0 N–H and O–H groups in total. The smallest absolute Gasteiger partial charge is 0.142 e. The van der Waals surface area contributed by atoms with Gasteiger partial charge in [-0.15, -0.1) is 0 Å². The average molecular weight is 285 g/mol. The van der Waals surface area contributed by atoms with Crippen LogP contribution in [0.1, 0.15) is 0 Å². The minimum Gasteiger partial charge on any atom is -0.261 e. The largest absolute Gasteiger partial charge is 0.261 e. The molecule has 0 saturated carbocycles. The minimum absolute atomic E-state index is 0.388. The lowest BCUT2D eigenvalue weighted by Gasteiger charge is -2.07. The quantitative estimate of drug-likeness (QED) is 0.687. The highest BCUT2D eigenvalue weighted by atomic mass is 35.5. The fraction of sp³-hybridized carbons (Fsp3) is 0. The Balaban J connectivity index is 2.12. The molecule has 0 aliphatic heterocycles. The number of halogens is 2. The molecule has 0 bridgehead atoms. The molecule has 0 amide bonds. The van der Waals surface area contributed by atoms with E-state index in [-0.39, 0.29) is 5.82 Å². The maximum Gasteiger partial charge on any atom is 0.142 e. The van der Waals surface area contributed by atoms with E-state index in [1.54, 1.807) is 18.3 Å². The van der Waals surface area contributed by atoms with E-state index >= 15 is 0 Å². The summed E-state index contributed by atoms with van der Waals surface area (Å²) in [5.74, 6) is -0.388. The second-order valence-corrected chi connectivity index (χ2v) is 4.69. The molecule has 0 saturated heterocycles. The summed E-state index contributed by atoms with van der Waals surface area (Å²) in [7, 11) is 0. The van der Waals surface area contributed by atoms with Crippen LogP contribution >= 0.6 is 11.6 Å². The van der Waals surface area contributed by atoms with E-state index in [9.17, 15) is 4.39 Å². The highest BCUT2D eigenvalue weighted by Crippen LogP contribution is 2.29. The fourth-order valence-electron chi connectivity index (χ4n) is 1.95. The number of nitrogens with zero attached hydrogens (tertiary/aromatic N) is 2. The Labute approximate surface area is 120 Å². The van der Waals surface area contributed by atoms with Gasteiger partial charge in [-0.05, 0) is 18.2 Å². The van der Waals surface area contributed by atoms with Crippen molar-refractivity contribution in [2.75, 3.05) is 0 Å². The van der Waals surface area contributed by atoms with Crippen LogP contribution in [-0.2, 0) is 0 Å². The van der Waals surface area contributed by atoms with Gasteiger partial charge in [0.15, 0.2) is 0 Å². The molecule has 4 heteroatoms. The monoisotopic (exact) mass is 284 g/mol. The summed E-state index contributed by atoms with van der Waals surface area (Å²) in [5.41, 5.74) is 2.86. The summed E-state index contributed by atoms with van der Waals surface area (Å²) >= 11 is 6.20. The maximum absolute atomic E-state index is 13.2. The predicted molar refractivity (Wildman–Crippen MR) is 77.9 cm³/mol. The van der Waals surface area contributed by atoms with Crippen LogP contribution in [0.15, 0.2) is 60.9 Å². The van der Waals surface area contributed by atoms with Crippen molar-refractivity contribution in [2.45, 2.75) is 0 Å². The van der Waals surface area contributed by atoms with Crippen LogP contribution in [0, 0.1) is 5.82 Å². The summed E-state index contributed by atoms with van der Waals surface area (Å²) in [4.78, 5) is 8.35. The van der Waals surface area contributed by atoms with E-state index in [4.69, 9.17) is 11.6 Å². The molecule has 98 valence electrons. The van der Waals surface area contributed by atoms with Crippen molar-refractivity contribution in [3.05, 3.63) is 71.8 Å². The van der Waals surface area contributed by atoms with Crippen LogP contribution in [0.25, 0.3) is 22.5 Å². The number of hydrogen-bond acceptors (Lipinski definition) is 2. The molecule has 0 radical (unpaired) electrons. The van der Waals surface area contributed by atoms with Crippen molar-refractivity contribution in [3.8, 4) is 22.5 Å². The predicted octanol–water partition coefficient (Wildman–Crippen LogP) is 4.60. The number of aromatic nitrogens is 2. The Kier molecular flexibility index (Phi) is 3.44. The molecule has 0 spiro atoms. The number of rotatable bonds is 2. The summed E-state index contributed by atoms with van der Waals surface area (Å²) in [6.45, 7) is 0. The van der Waals surface area contributed by atoms with E-state index in [0.29, 0.717) is 22.0 Å². The van der Waals surface area contributed by atoms with Crippen LogP contribution in [0.5, 0.6) is 0 Å². The Bertz CT molecular complexity index is 744. The Morgan fingerprint density at radius 1 is 0.900 bits per heavy atom. The van der Waals surface area contributed by atoms with Crippen LogP contribution in [0.4, 0.5) is 4.39 Å². The molecule has 2 aromatic heterocycles. The van der Waals surface area contributed by atoms with Crippen LogP contribution in [0.2, 0.25) is 5.02 Å². The molecule has 2 heterocycles. The molecule has 3 aromatic rings. The van der Waals surface area contributed by atoms with Gasteiger partial charge in [-0.3, -0.25) is 4.98 Å². The lowest BCUT2D eigenvalue weighted by atomic mass is 10.1. The highest BCUT2D eigenvalue weighted by Gasteiger charge is 2.08. The van der Waals surface area contributed by atoms with Crippen molar-refractivity contribution in [1.82, 2.24) is 9.97 Å². The van der Waals surface area contributed by atoms with E-state index in [1.807, 2.05) is 30.3 Å². The maximum atomic E-state index is 13.2. The van der Waals surface area contributed by atoms with Crippen LogP contribution in [0.3, 0.4) is 0 Å². The third kappa shape index (κ3) is 2.53. The van der Waals surface area contributed by atoms with Gasteiger partial charge in [0.05, 0.1) is 22.6 Å². The molecule has 3 rings (SSSR count). The molecule has 0 aliphatic rings. The summed E-state index contributed by atoms with van der Waals surface area (Å²) < 4.78 is 13.2. The summed E-state index contributed by atoms with van der Waals surface area (Å²) in [5, 5.41) is 0.560. The van der Waals surface area contributed by atoms with E-state index in [2.05, 4.69) is 9.97 Å². The lowest BCUT2D eigenvalue weighted by Crippen LogP contribution is -1.90. The van der Waals surface area contributed by atoms with Gasteiger partial charge in [0.1, 0.15) is 5.82 Å². The fourth-order valence-corrected chi connectivity index (χ4v) is 2.17. The first-order valence-electron chi connectivity index (χ1n) is 6.07. The lowest BCUT2D eigenvalue weighted by molar-refractivity contribution is 0.622. The first-order chi connectivity index (χ1) is 9.74. The molecule has 20 heavy (non-hydrogen) atoms. The minimum atomic E-state index is -0.388.